The average Bonchev–Trinajstić information content (AvgIpc) is 2.68. The van der Waals surface area contributed by atoms with Crippen LogP contribution in [-0.2, 0) is 0 Å². The fraction of sp³-hybridized carbons (Fsp3) is 0.571. The van der Waals surface area contributed by atoms with E-state index in [2.05, 4.69) is 63.6 Å². The third-order valence-electron chi connectivity index (χ3n) is 5.54. The first-order valence-corrected chi connectivity index (χ1v) is 9.65. The normalized spacial score (nSPS) is 19.7. The van der Waals surface area contributed by atoms with Crippen LogP contribution in [0.15, 0.2) is 41.4 Å². The predicted octanol–water partition coefficient (Wildman–Crippen LogP) is 3.70. The zero-order valence-corrected chi connectivity index (χ0v) is 18.5. The third-order valence-corrected chi connectivity index (χ3v) is 5.54. The zero-order chi connectivity index (χ0) is 17.5. The van der Waals surface area contributed by atoms with Crippen LogP contribution in [0.3, 0.4) is 0 Å². The SMILES string of the molecule is CN=C(NCCC1CCN(C)CC1)N1CC=C(c2ccccc2)CC1.I. The number of nitrogens with zero attached hydrogens (tertiary/aromatic N) is 3. The van der Waals surface area contributed by atoms with Gasteiger partial charge >= 0.3 is 0 Å². The minimum Gasteiger partial charge on any atom is -0.356 e. The Hall–Kier alpha value is -1.08. The first-order valence-electron chi connectivity index (χ1n) is 9.65. The number of halogens is 1. The molecular formula is C21H33IN4. The molecule has 1 aromatic rings. The second kappa shape index (κ2) is 10.9. The molecule has 1 saturated heterocycles. The molecule has 0 atom stereocenters. The summed E-state index contributed by atoms with van der Waals surface area (Å²) in [4.78, 5) is 9.30. The largest absolute Gasteiger partial charge is 0.356 e. The van der Waals surface area contributed by atoms with Crippen molar-refractivity contribution >= 4 is 35.5 Å². The van der Waals surface area contributed by atoms with Gasteiger partial charge in [0.05, 0.1) is 0 Å². The number of hydrogen-bond donors (Lipinski definition) is 1. The van der Waals surface area contributed by atoms with E-state index in [9.17, 15) is 0 Å². The maximum Gasteiger partial charge on any atom is 0.193 e. The molecule has 4 nitrogen and oxygen atoms in total. The fourth-order valence-electron chi connectivity index (χ4n) is 3.85. The molecule has 0 amide bonds. The molecule has 5 heteroatoms. The van der Waals surface area contributed by atoms with Crippen molar-refractivity contribution in [3.05, 3.63) is 42.0 Å². The van der Waals surface area contributed by atoms with Gasteiger partial charge in [-0.25, -0.2) is 0 Å². The van der Waals surface area contributed by atoms with Gasteiger partial charge in [0, 0.05) is 26.7 Å². The van der Waals surface area contributed by atoms with Gasteiger partial charge in [0.2, 0.25) is 0 Å². The Kier molecular flexibility index (Phi) is 8.91. The number of aliphatic imine (C=N–C) groups is 1. The van der Waals surface area contributed by atoms with Crippen LogP contribution in [0.25, 0.3) is 5.57 Å². The highest BCUT2D eigenvalue weighted by Crippen LogP contribution is 2.22. The number of piperidine rings is 1. The molecule has 0 radical (unpaired) electrons. The smallest absolute Gasteiger partial charge is 0.193 e. The zero-order valence-electron chi connectivity index (χ0n) is 16.2. The van der Waals surface area contributed by atoms with E-state index in [0.29, 0.717) is 0 Å². The van der Waals surface area contributed by atoms with Gasteiger partial charge in [0.25, 0.3) is 0 Å². The second-order valence-corrected chi connectivity index (χ2v) is 7.30. The van der Waals surface area contributed by atoms with Crippen molar-refractivity contribution in [3.8, 4) is 0 Å². The summed E-state index contributed by atoms with van der Waals surface area (Å²) in [6, 6.07) is 10.7. The molecule has 2 aliphatic heterocycles. The number of hydrogen-bond acceptors (Lipinski definition) is 2. The minimum absolute atomic E-state index is 0. The van der Waals surface area contributed by atoms with E-state index in [-0.39, 0.29) is 24.0 Å². The number of guanidine groups is 1. The van der Waals surface area contributed by atoms with Gasteiger partial charge in [0.15, 0.2) is 5.96 Å². The molecule has 3 rings (SSSR count). The van der Waals surface area contributed by atoms with E-state index in [4.69, 9.17) is 0 Å². The molecule has 0 aliphatic carbocycles. The summed E-state index contributed by atoms with van der Waals surface area (Å²) in [6.07, 6.45) is 7.36. The third kappa shape index (κ3) is 5.98. The fourth-order valence-corrected chi connectivity index (χ4v) is 3.85. The highest BCUT2D eigenvalue weighted by atomic mass is 127. The van der Waals surface area contributed by atoms with E-state index < -0.39 is 0 Å². The van der Waals surface area contributed by atoms with Crippen molar-refractivity contribution in [2.24, 2.45) is 10.9 Å². The lowest BCUT2D eigenvalue weighted by Crippen LogP contribution is -2.44. The molecule has 0 spiro atoms. The predicted molar refractivity (Wildman–Crippen MR) is 122 cm³/mol. The summed E-state index contributed by atoms with van der Waals surface area (Å²) in [5, 5.41) is 3.59. The van der Waals surface area contributed by atoms with Crippen LogP contribution in [0, 0.1) is 5.92 Å². The van der Waals surface area contributed by atoms with Crippen molar-refractivity contribution in [1.29, 1.82) is 0 Å². The molecule has 0 bridgehead atoms. The molecule has 1 fully saturated rings. The maximum atomic E-state index is 4.50. The minimum atomic E-state index is 0. The Labute approximate surface area is 175 Å². The van der Waals surface area contributed by atoms with Crippen molar-refractivity contribution in [3.63, 3.8) is 0 Å². The van der Waals surface area contributed by atoms with Crippen molar-refractivity contribution in [2.75, 3.05) is 46.8 Å². The summed E-state index contributed by atoms with van der Waals surface area (Å²) < 4.78 is 0. The standard InChI is InChI=1S/C21H32N4.HI/c1-22-21(23-13-8-18-9-14-24(2)15-10-18)25-16-11-20(12-17-25)19-6-4-3-5-7-19;/h3-7,11,18H,8-10,12-17H2,1-2H3,(H,22,23);1H. The van der Waals surface area contributed by atoms with E-state index in [1.807, 2.05) is 7.05 Å². The van der Waals surface area contributed by atoms with E-state index in [0.717, 1.165) is 37.9 Å². The van der Waals surface area contributed by atoms with Crippen LogP contribution < -0.4 is 5.32 Å². The van der Waals surface area contributed by atoms with Crippen molar-refractivity contribution < 1.29 is 0 Å². The van der Waals surface area contributed by atoms with Gasteiger partial charge < -0.3 is 15.1 Å². The summed E-state index contributed by atoms with van der Waals surface area (Å²) in [6.45, 7) is 5.51. The Morgan fingerprint density at radius 2 is 1.88 bits per heavy atom. The van der Waals surface area contributed by atoms with Gasteiger partial charge in [-0.2, -0.15) is 0 Å². The number of benzene rings is 1. The summed E-state index contributed by atoms with van der Waals surface area (Å²) >= 11 is 0. The molecule has 2 heterocycles. The molecule has 2 aliphatic rings. The van der Waals surface area contributed by atoms with Crippen LogP contribution in [-0.4, -0.2) is 62.6 Å². The van der Waals surface area contributed by atoms with Crippen LogP contribution in [0.4, 0.5) is 0 Å². The highest BCUT2D eigenvalue weighted by Gasteiger charge is 2.18. The Morgan fingerprint density at radius 3 is 2.50 bits per heavy atom. The Bertz CT molecular complexity index is 591. The molecule has 1 N–H and O–H groups in total. The van der Waals surface area contributed by atoms with Crippen LogP contribution in [0.1, 0.15) is 31.2 Å². The first-order chi connectivity index (χ1) is 12.3. The van der Waals surface area contributed by atoms with E-state index in [1.165, 1.54) is 43.5 Å². The molecule has 1 aromatic carbocycles. The summed E-state index contributed by atoms with van der Waals surface area (Å²) in [5.74, 6) is 1.92. The van der Waals surface area contributed by atoms with Crippen molar-refractivity contribution in [1.82, 2.24) is 15.1 Å². The summed E-state index contributed by atoms with van der Waals surface area (Å²) in [5.41, 5.74) is 2.81. The van der Waals surface area contributed by atoms with Crippen molar-refractivity contribution in [2.45, 2.75) is 25.7 Å². The molecule has 144 valence electrons. The molecule has 0 aromatic heterocycles. The summed E-state index contributed by atoms with van der Waals surface area (Å²) in [7, 11) is 4.12. The van der Waals surface area contributed by atoms with Crippen LogP contribution in [0.5, 0.6) is 0 Å². The average molecular weight is 468 g/mol. The molecular weight excluding hydrogens is 435 g/mol. The molecule has 0 unspecified atom stereocenters. The Morgan fingerprint density at radius 1 is 1.15 bits per heavy atom. The van der Waals surface area contributed by atoms with Gasteiger partial charge in [-0.15, -0.1) is 24.0 Å². The topological polar surface area (TPSA) is 30.9 Å². The van der Waals surface area contributed by atoms with E-state index in [1.54, 1.807) is 0 Å². The highest BCUT2D eigenvalue weighted by molar-refractivity contribution is 14.0. The number of nitrogens with one attached hydrogen (secondary N) is 1. The quantitative estimate of drug-likeness (QED) is 0.416. The lowest BCUT2D eigenvalue weighted by molar-refractivity contribution is 0.212. The van der Waals surface area contributed by atoms with Gasteiger partial charge in [-0.05, 0) is 62.9 Å². The lowest BCUT2D eigenvalue weighted by atomic mass is 9.94. The van der Waals surface area contributed by atoms with Gasteiger partial charge in [-0.3, -0.25) is 4.99 Å². The number of rotatable bonds is 4. The number of likely N-dealkylation sites (tertiary alicyclic amines) is 1. The maximum absolute atomic E-state index is 4.50. The van der Waals surface area contributed by atoms with E-state index >= 15 is 0 Å². The van der Waals surface area contributed by atoms with Crippen LogP contribution in [0.2, 0.25) is 0 Å². The van der Waals surface area contributed by atoms with Gasteiger partial charge in [-0.1, -0.05) is 36.4 Å². The lowest BCUT2D eigenvalue weighted by Gasteiger charge is -2.31. The first kappa shape index (κ1) is 21.2. The van der Waals surface area contributed by atoms with Gasteiger partial charge in [0.1, 0.15) is 0 Å². The Balaban J connectivity index is 0.00000243. The monoisotopic (exact) mass is 468 g/mol. The molecule has 26 heavy (non-hydrogen) atoms. The molecule has 0 saturated carbocycles. The second-order valence-electron chi connectivity index (χ2n) is 7.30. The van der Waals surface area contributed by atoms with Crippen LogP contribution >= 0.6 is 24.0 Å².